The number of carbonyl (C=O) groups is 1. The largest absolute Gasteiger partial charge is 0.460 e. The molecule has 0 radical (unpaired) electrons. The minimum Gasteiger partial charge on any atom is -0.460 e. The highest BCUT2D eigenvalue weighted by Crippen LogP contribution is 2.19. The zero-order valence-electron chi connectivity index (χ0n) is 12.0. The van der Waals surface area contributed by atoms with E-state index in [2.05, 4.69) is 24.9 Å². The topological polar surface area (TPSA) is 39.2 Å². The Morgan fingerprint density at radius 2 is 2.06 bits per heavy atom. The molecular weight excluding hydrogens is 226 g/mol. The van der Waals surface area contributed by atoms with Gasteiger partial charge in [-0.2, -0.15) is 0 Å². The van der Waals surface area contributed by atoms with E-state index in [9.17, 15) is 4.79 Å². The van der Waals surface area contributed by atoms with Crippen LogP contribution in [0.1, 0.15) is 58.2 Å². The highest BCUT2D eigenvalue weighted by atomic mass is 16.6. The number of hydrogen-bond acceptors (Lipinski definition) is 3. The Morgan fingerprint density at radius 3 is 2.61 bits per heavy atom. The SMILES string of the molecule is CC(C)c1cccnc1CCC(=O)OC(C)(C)C. The van der Waals surface area contributed by atoms with Gasteiger partial charge in [0.25, 0.3) is 0 Å². The van der Waals surface area contributed by atoms with Crippen LogP contribution in [0.2, 0.25) is 0 Å². The summed E-state index contributed by atoms with van der Waals surface area (Å²) in [7, 11) is 0. The van der Waals surface area contributed by atoms with Gasteiger partial charge in [0.2, 0.25) is 0 Å². The molecule has 1 aromatic rings. The number of hydrogen-bond donors (Lipinski definition) is 0. The standard InChI is InChI=1S/C15H23NO2/c1-11(2)12-7-6-10-16-13(12)8-9-14(17)18-15(3,4)5/h6-7,10-11H,8-9H2,1-5H3. The van der Waals surface area contributed by atoms with E-state index in [1.807, 2.05) is 26.8 Å². The summed E-state index contributed by atoms with van der Waals surface area (Å²) in [5, 5.41) is 0. The summed E-state index contributed by atoms with van der Waals surface area (Å²) in [6.45, 7) is 9.91. The Morgan fingerprint density at radius 1 is 1.39 bits per heavy atom. The van der Waals surface area contributed by atoms with Crippen molar-refractivity contribution in [3.63, 3.8) is 0 Å². The lowest BCUT2D eigenvalue weighted by molar-refractivity contribution is -0.154. The van der Waals surface area contributed by atoms with Crippen molar-refractivity contribution in [2.45, 2.75) is 59.0 Å². The van der Waals surface area contributed by atoms with Gasteiger partial charge in [-0.1, -0.05) is 19.9 Å². The van der Waals surface area contributed by atoms with Gasteiger partial charge in [0.1, 0.15) is 5.60 Å². The van der Waals surface area contributed by atoms with Gasteiger partial charge in [0.05, 0.1) is 6.42 Å². The van der Waals surface area contributed by atoms with E-state index < -0.39 is 5.60 Å². The molecular formula is C15H23NO2. The van der Waals surface area contributed by atoms with E-state index in [1.165, 1.54) is 5.56 Å². The Balaban J connectivity index is 2.61. The van der Waals surface area contributed by atoms with E-state index in [-0.39, 0.29) is 5.97 Å². The van der Waals surface area contributed by atoms with Crippen molar-refractivity contribution >= 4 is 5.97 Å². The van der Waals surface area contributed by atoms with Gasteiger partial charge in [-0.25, -0.2) is 0 Å². The van der Waals surface area contributed by atoms with Crippen LogP contribution in [0.3, 0.4) is 0 Å². The number of nitrogens with zero attached hydrogens (tertiary/aromatic N) is 1. The first-order valence-corrected chi connectivity index (χ1v) is 6.45. The van der Waals surface area contributed by atoms with E-state index >= 15 is 0 Å². The smallest absolute Gasteiger partial charge is 0.306 e. The molecule has 0 bridgehead atoms. The number of aromatic nitrogens is 1. The van der Waals surface area contributed by atoms with Crippen molar-refractivity contribution < 1.29 is 9.53 Å². The van der Waals surface area contributed by atoms with Crippen LogP contribution in [0.25, 0.3) is 0 Å². The first-order chi connectivity index (χ1) is 8.29. The molecule has 18 heavy (non-hydrogen) atoms. The molecule has 0 spiro atoms. The first-order valence-electron chi connectivity index (χ1n) is 6.45. The minimum atomic E-state index is -0.415. The molecule has 0 saturated heterocycles. The zero-order valence-corrected chi connectivity index (χ0v) is 12.0. The van der Waals surface area contributed by atoms with Crippen LogP contribution in [0.5, 0.6) is 0 Å². The summed E-state index contributed by atoms with van der Waals surface area (Å²) in [5.41, 5.74) is 1.79. The van der Waals surface area contributed by atoms with E-state index in [4.69, 9.17) is 4.74 Å². The van der Waals surface area contributed by atoms with Crippen molar-refractivity contribution in [1.82, 2.24) is 4.98 Å². The summed E-state index contributed by atoms with van der Waals surface area (Å²) >= 11 is 0. The Kier molecular flexibility index (Phi) is 4.88. The number of pyridine rings is 1. The highest BCUT2D eigenvalue weighted by Gasteiger charge is 2.17. The summed E-state index contributed by atoms with van der Waals surface area (Å²) in [4.78, 5) is 16.0. The number of carbonyl (C=O) groups excluding carboxylic acids is 1. The summed E-state index contributed by atoms with van der Waals surface area (Å²) in [5.74, 6) is 0.259. The maximum absolute atomic E-state index is 11.7. The Bertz CT molecular complexity index is 405. The van der Waals surface area contributed by atoms with Gasteiger partial charge in [0.15, 0.2) is 0 Å². The molecule has 0 amide bonds. The summed E-state index contributed by atoms with van der Waals surface area (Å²) in [6.07, 6.45) is 2.80. The average Bonchev–Trinajstić information content (AvgIpc) is 2.24. The van der Waals surface area contributed by atoms with Gasteiger partial charge in [0, 0.05) is 18.3 Å². The zero-order chi connectivity index (χ0) is 13.8. The quantitative estimate of drug-likeness (QED) is 0.767. The average molecular weight is 249 g/mol. The number of ether oxygens (including phenoxy) is 1. The second-order valence-electron chi connectivity index (χ2n) is 5.78. The van der Waals surface area contributed by atoms with E-state index in [1.54, 1.807) is 6.20 Å². The lowest BCUT2D eigenvalue weighted by Crippen LogP contribution is -2.24. The molecule has 0 aliphatic heterocycles. The van der Waals surface area contributed by atoms with E-state index in [0.29, 0.717) is 18.8 Å². The van der Waals surface area contributed by atoms with Gasteiger partial charge < -0.3 is 4.74 Å². The molecule has 1 heterocycles. The second-order valence-corrected chi connectivity index (χ2v) is 5.78. The molecule has 1 rings (SSSR count). The number of esters is 1. The van der Waals surface area contributed by atoms with Crippen LogP contribution in [-0.4, -0.2) is 16.6 Å². The van der Waals surface area contributed by atoms with Crippen molar-refractivity contribution in [3.05, 3.63) is 29.6 Å². The molecule has 3 heteroatoms. The third kappa shape index (κ3) is 4.86. The monoisotopic (exact) mass is 249 g/mol. The van der Waals surface area contributed by atoms with Crippen LogP contribution < -0.4 is 0 Å². The molecule has 0 saturated carbocycles. The normalized spacial score (nSPS) is 11.7. The molecule has 0 aliphatic rings. The van der Waals surface area contributed by atoms with Crippen molar-refractivity contribution in [3.8, 4) is 0 Å². The maximum Gasteiger partial charge on any atom is 0.306 e. The third-order valence-electron chi connectivity index (χ3n) is 2.53. The van der Waals surface area contributed by atoms with Gasteiger partial charge in [-0.3, -0.25) is 9.78 Å². The summed E-state index contributed by atoms with van der Waals surface area (Å²) in [6, 6.07) is 4.01. The molecule has 3 nitrogen and oxygen atoms in total. The van der Waals surface area contributed by atoms with Crippen LogP contribution in [0.4, 0.5) is 0 Å². The molecule has 0 aromatic carbocycles. The highest BCUT2D eigenvalue weighted by molar-refractivity contribution is 5.70. The Hall–Kier alpha value is -1.38. The summed E-state index contributed by atoms with van der Waals surface area (Å²) < 4.78 is 5.29. The lowest BCUT2D eigenvalue weighted by Gasteiger charge is -2.19. The van der Waals surface area contributed by atoms with E-state index in [0.717, 1.165) is 5.69 Å². The van der Waals surface area contributed by atoms with Gasteiger partial charge in [-0.05, 0) is 38.3 Å². The molecule has 0 fully saturated rings. The van der Waals surface area contributed by atoms with Crippen molar-refractivity contribution in [2.24, 2.45) is 0 Å². The van der Waals surface area contributed by atoms with Gasteiger partial charge in [-0.15, -0.1) is 0 Å². The Labute approximate surface area is 110 Å². The third-order valence-corrected chi connectivity index (χ3v) is 2.53. The predicted molar refractivity (Wildman–Crippen MR) is 72.5 cm³/mol. The maximum atomic E-state index is 11.7. The molecule has 0 aliphatic carbocycles. The second kappa shape index (κ2) is 5.98. The van der Waals surface area contributed by atoms with Crippen molar-refractivity contribution in [2.75, 3.05) is 0 Å². The fourth-order valence-electron chi connectivity index (χ4n) is 1.80. The van der Waals surface area contributed by atoms with Crippen LogP contribution in [0.15, 0.2) is 18.3 Å². The number of rotatable bonds is 4. The fraction of sp³-hybridized carbons (Fsp3) is 0.600. The number of aryl methyl sites for hydroxylation is 1. The molecule has 0 unspecified atom stereocenters. The lowest BCUT2D eigenvalue weighted by atomic mass is 9.99. The fourth-order valence-corrected chi connectivity index (χ4v) is 1.80. The molecule has 1 aromatic heterocycles. The molecule has 100 valence electrons. The van der Waals surface area contributed by atoms with Crippen LogP contribution in [-0.2, 0) is 16.0 Å². The van der Waals surface area contributed by atoms with Crippen LogP contribution >= 0.6 is 0 Å². The predicted octanol–water partition coefficient (Wildman–Crippen LogP) is 3.48. The van der Waals surface area contributed by atoms with Crippen molar-refractivity contribution in [1.29, 1.82) is 0 Å². The van der Waals surface area contributed by atoms with Crippen LogP contribution in [0, 0.1) is 0 Å². The molecule has 0 atom stereocenters. The molecule has 0 N–H and O–H groups in total. The van der Waals surface area contributed by atoms with Gasteiger partial charge >= 0.3 is 5.97 Å². The first kappa shape index (κ1) is 14.7. The minimum absolute atomic E-state index is 0.164.